The zero-order valence-corrected chi connectivity index (χ0v) is 18.0. The van der Waals surface area contributed by atoms with Gasteiger partial charge in [0.25, 0.3) is 0 Å². The molecule has 8 heteroatoms. The van der Waals surface area contributed by atoms with E-state index in [2.05, 4.69) is 0 Å². The summed E-state index contributed by atoms with van der Waals surface area (Å²) < 4.78 is 32.8. The zero-order valence-electron chi connectivity index (χ0n) is 18.0. The van der Waals surface area contributed by atoms with Gasteiger partial charge >= 0.3 is 5.97 Å². The lowest BCUT2D eigenvalue weighted by molar-refractivity contribution is -0.149. The molecule has 1 heterocycles. The van der Waals surface area contributed by atoms with Crippen molar-refractivity contribution < 1.29 is 38.3 Å². The fraction of sp³-hybridized carbons (Fsp3) is 0.435. The number of aliphatic hydroxyl groups excluding tert-OH is 1. The lowest BCUT2D eigenvalue weighted by Gasteiger charge is -2.38. The largest absolute Gasteiger partial charge is 0.493 e. The van der Waals surface area contributed by atoms with Crippen LogP contribution < -0.4 is 23.7 Å². The molecule has 0 saturated carbocycles. The summed E-state index contributed by atoms with van der Waals surface area (Å²) in [5, 5.41) is 10.1. The monoisotopic (exact) mass is 430 g/mol. The number of carbonyl (C=O) groups is 1. The van der Waals surface area contributed by atoms with Gasteiger partial charge in [0, 0.05) is 18.4 Å². The van der Waals surface area contributed by atoms with Crippen molar-refractivity contribution in [2.24, 2.45) is 11.8 Å². The van der Waals surface area contributed by atoms with Crippen LogP contribution in [0.4, 0.5) is 0 Å². The predicted octanol–water partition coefficient (Wildman–Crippen LogP) is 2.53. The van der Waals surface area contributed by atoms with Gasteiger partial charge in [-0.1, -0.05) is 0 Å². The molecule has 3 atom stereocenters. The summed E-state index contributed by atoms with van der Waals surface area (Å²) in [5.74, 6) is 0.970. The Balaban J connectivity index is 1.95. The number of hydrogen-bond acceptors (Lipinski definition) is 8. The van der Waals surface area contributed by atoms with Crippen LogP contribution in [0.2, 0.25) is 0 Å². The van der Waals surface area contributed by atoms with Gasteiger partial charge in [0.2, 0.25) is 12.5 Å². The molecule has 0 saturated heterocycles. The molecule has 0 aromatic heterocycles. The van der Waals surface area contributed by atoms with Gasteiger partial charge in [0.05, 0.1) is 34.4 Å². The highest BCUT2D eigenvalue weighted by Gasteiger charge is 2.44. The van der Waals surface area contributed by atoms with Crippen LogP contribution >= 0.6 is 0 Å². The molecule has 0 fully saturated rings. The first-order chi connectivity index (χ1) is 15.1. The molecular weight excluding hydrogens is 404 g/mol. The SMILES string of the molecule is COC(=O)[C@@H]1C(CO)Cc2cc3c(cc2[C@H]1c1cc(OC)c(OC)c(OC)c1)OCO3. The minimum absolute atomic E-state index is 0.150. The second-order valence-electron chi connectivity index (χ2n) is 7.54. The van der Waals surface area contributed by atoms with E-state index < -0.39 is 11.8 Å². The van der Waals surface area contributed by atoms with Crippen molar-refractivity contribution in [1.29, 1.82) is 0 Å². The molecule has 0 amide bonds. The molecule has 0 spiro atoms. The lowest BCUT2D eigenvalue weighted by atomic mass is 9.66. The Morgan fingerprint density at radius 3 is 2.19 bits per heavy atom. The van der Waals surface area contributed by atoms with Crippen LogP contribution in [0.5, 0.6) is 28.7 Å². The number of methoxy groups -OCH3 is 4. The maximum absolute atomic E-state index is 12.9. The fourth-order valence-corrected chi connectivity index (χ4v) is 4.65. The van der Waals surface area contributed by atoms with Crippen LogP contribution in [0.3, 0.4) is 0 Å². The summed E-state index contributed by atoms with van der Waals surface area (Å²) >= 11 is 0. The van der Waals surface area contributed by atoms with Gasteiger partial charge in [-0.3, -0.25) is 4.79 Å². The second kappa shape index (κ2) is 8.55. The summed E-state index contributed by atoms with van der Waals surface area (Å²) in [6.45, 7) is -0.00843. The number of aliphatic hydroxyl groups is 1. The highest BCUT2D eigenvalue weighted by atomic mass is 16.7. The second-order valence-corrected chi connectivity index (χ2v) is 7.54. The normalized spacial score (nSPS) is 21.3. The zero-order chi connectivity index (χ0) is 22.1. The summed E-state index contributed by atoms with van der Waals surface area (Å²) in [5.41, 5.74) is 2.68. The van der Waals surface area contributed by atoms with E-state index in [1.165, 1.54) is 14.2 Å². The number of carbonyl (C=O) groups excluding carboxylic acids is 1. The number of esters is 1. The Labute approximate surface area is 180 Å². The van der Waals surface area contributed by atoms with Crippen LogP contribution in [0, 0.1) is 11.8 Å². The Hall–Kier alpha value is -3.13. The third-order valence-electron chi connectivity index (χ3n) is 6.07. The first-order valence-electron chi connectivity index (χ1n) is 9.97. The number of benzene rings is 2. The van der Waals surface area contributed by atoms with Gasteiger partial charge in [-0.15, -0.1) is 0 Å². The van der Waals surface area contributed by atoms with E-state index in [0.717, 1.165) is 16.7 Å². The fourth-order valence-electron chi connectivity index (χ4n) is 4.65. The molecule has 0 radical (unpaired) electrons. The Morgan fingerprint density at radius 1 is 1.00 bits per heavy atom. The topological polar surface area (TPSA) is 92.7 Å². The molecule has 0 bridgehead atoms. The van der Waals surface area contributed by atoms with E-state index in [1.807, 2.05) is 24.3 Å². The summed E-state index contributed by atoms with van der Waals surface area (Å²) in [6, 6.07) is 7.50. The Kier molecular flexibility index (Phi) is 5.82. The molecule has 1 unspecified atom stereocenters. The molecule has 2 aliphatic rings. The molecular formula is C23H26O8. The first-order valence-corrected chi connectivity index (χ1v) is 9.97. The summed E-state index contributed by atoms with van der Waals surface area (Å²) in [4.78, 5) is 12.9. The van der Waals surface area contributed by atoms with Gasteiger partial charge in [-0.2, -0.15) is 0 Å². The third-order valence-corrected chi connectivity index (χ3v) is 6.07. The highest BCUT2D eigenvalue weighted by Crippen LogP contribution is 2.51. The minimum atomic E-state index is -0.606. The molecule has 4 rings (SSSR count). The van der Waals surface area contributed by atoms with Crippen LogP contribution in [0.25, 0.3) is 0 Å². The van der Waals surface area contributed by atoms with Crippen molar-refractivity contribution in [3.05, 3.63) is 41.0 Å². The molecule has 1 N–H and O–H groups in total. The van der Waals surface area contributed by atoms with Crippen LogP contribution in [-0.2, 0) is 16.0 Å². The smallest absolute Gasteiger partial charge is 0.310 e. The molecule has 31 heavy (non-hydrogen) atoms. The van der Waals surface area contributed by atoms with E-state index in [9.17, 15) is 9.90 Å². The Bertz CT molecular complexity index is 961. The minimum Gasteiger partial charge on any atom is -0.493 e. The van der Waals surface area contributed by atoms with Crippen molar-refractivity contribution in [2.75, 3.05) is 41.8 Å². The third kappa shape index (κ3) is 3.50. The number of rotatable bonds is 6. The molecule has 2 aromatic rings. The Morgan fingerprint density at radius 2 is 1.65 bits per heavy atom. The molecule has 8 nitrogen and oxygen atoms in total. The first kappa shape index (κ1) is 21.1. The number of fused-ring (bicyclic) bond motifs is 2. The van der Waals surface area contributed by atoms with Gasteiger partial charge in [-0.05, 0) is 47.4 Å². The van der Waals surface area contributed by atoms with Crippen molar-refractivity contribution in [3.63, 3.8) is 0 Å². The van der Waals surface area contributed by atoms with Crippen molar-refractivity contribution in [2.45, 2.75) is 12.3 Å². The standard InChI is InChI=1S/C23H26O8/c1-26-18-7-13(8-19(27-2)22(18)28-3)20-15-9-17-16(30-11-31-17)6-12(15)5-14(10-24)21(20)23(25)29-4/h6-9,14,20-21,24H,5,10-11H2,1-4H3/t14?,20-,21-/m1/s1. The van der Waals surface area contributed by atoms with Gasteiger partial charge in [0.1, 0.15) is 0 Å². The van der Waals surface area contributed by atoms with Gasteiger partial charge in [-0.25, -0.2) is 0 Å². The van der Waals surface area contributed by atoms with Crippen molar-refractivity contribution >= 4 is 5.97 Å². The summed E-state index contributed by atoms with van der Waals surface area (Å²) in [7, 11) is 5.98. The molecule has 166 valence electrons. The van der Waals surface area contributed by atoms with E-state index in [1.54, 1.807) is 14.2 Å². The molecule has 2 aromatic carbocycles. The van der Waals surface area contributed by atoms with Gasteiger partial charge in [0.15, 0.2) is 23.0 Å². The lowest BCUT2D eigenvalue weighted by Crippen LogP contribution is -2.38. The number of ether oxygens (including phenoxy) is 6. The number of hydrogen-bond donors (Lipinski definition) is 1. The summed E-state index contributed by atoms with van der Waals surface area (Å²) in [6.07, 6.45) is 0.517. The predicted molar refractivity (Wildman–Crippen MR) is 110 cm³/mol. The van der Waals surface area contributed by atoms with Crippen LogP contribution in [-0.4, -0.2) is 52.9 Å². The van der Waals surface area contributed by atoms with Crippen molar-refractivity contribution in [1.82, 2.24) is 0 Å². The average molecular weight is 430 g/mol. The quantitative estimate of drug-likeness (QED) is 0.699. The highest BCUT2D eigenvalue weighted by molar-refractivity contribution is 5.76. The van der Waals surface area contributed by atoms with E-state index in [0.29, 0.717) is 35.2 Å². The maximum Gasteiger partial charge on any atom is 0.310 e. The van der Waals surface area contributed by atoms with Crippen molar-refractivity contribution in [3.8, 4) is 28.7 Å². The van der Waals surface area contributed by atoms with Gasteiger partial charge < -0.3 is 33.5 Å². The molecule has 1 aliphatic heterocycles. The van der Waals surface area contributed by atoms with E-state index >= 15 is 0 Å². The van der Waals surface area contributed by atoms with Crippen LogP contribution in [0.15, 0.2) is 24.3 Å². The maximum atomic E-state index is 12.9. The molecule has 1 aliphatic carbocycles. The van der Waals surface area contributed by atoms with E-state index in [4.69, 9.17) is 28.4 Å². The van der Waals surface area contributed by atoms with Crippen LogP contribution in [0.1, 0.15) is 22.6 Å². The van der Waals surface area contributed by atoms with E-state index in [-0.39, 0.29) is 25.3 Å². The average Bonchev–Trinajstić information content (AvgIpc) is 3.27.